The molecule has 0 aliphatic rings. The molecular weight excluding hydrogens is 420 g/mol. The number of hydrogen-bond donors (Lipinski definition) is 1. The van der Waals surface area contributed by atoms with Crippen LogP contribution in [0.3, 0.4) is 0 Å². The molecule has 8 nitrogen and oxygen atoms in total. The van der Waals surface area contributed by atoms with Crippen LogP contribution in [0.4, 0.5) is 4.79 Å². The third-order valence-electron chi connectivity index (χ3n) is 3.55. The second-order valence-electron chi connectivity index (χ2n) is 6.72. The van der Waals surface area contributed by atoms with E-state index in [0.717, 1.165) is 5.06 Å². The van der Waals surface area contributed by atoms with Crippen molar-refractivity contribution in [1.82, 2.24) is 10.4 Å². The van der Waals surface area contributed by atoms with Gasteiger partial charge in [0, 0.05) is 19.0 Å². The van der Waals surface area contributed by atoms with Gasteiger partial charge in [-0.25, -0.2) is 9.86 Å². The number of likely N-dealkylation sites (N-methyl/N-ethyl adjacent to an activating group) is 1. The van der Waals surface area contributed by atoms with Gasteiger partial charge in [-0.2, -0.15) is 0 Å². The van der Waals surface area contributed by atoms with Gasteiger partial charge in [-0.15, -0.1) is 0 Å². The SMILES string of the molecule is COc1cc(CC(NC(=O)OC(C)(C)C)C(=O)N(C)OC)c(OC)cc1Br. The van der Waals surface area contributed by atoms with Crippen LogP contribution >= 0.6 is 15.9 Å². The van der Waals surface area contributed by atoms with Crippen molar-refractivity contribution in [1.29, 1.82) is 0 Å². The molecule has 1 N–H and O–H groups in total. The predicted octanol–water partition coefficient (Wildman–Crippen LogP) is 2.92. The monoisotopic (exact) mass is 446 g/mol. The minimum Gasteiger partial charge on any atom is -0.496 e. The molecule has 0 aliphatic heterocycles. The van der Waals surface area contributed by atoms with Crippen molar-refractivity contribution in [3.63, 3.8) is 0 Å². The summed E-state index contributed by atoms with van der Waals surface area (Å²) >= 11 is 3.40. The van der Waals surface area contributed by atoms with Gasteiger partial charge >= 0.3 is 6.09 Å². The van der Waals surface area contributed by atoms with Gasteiger partial charge < -0.3 is 19.5 Å². The first-order chi connectivity index (χ1) is 12.5. The van der Waals surface area contributed by atoms with Gasteiger partial charge in [0.25, 0.3) is 5.91 Å². The number of alkyl carbamates (subject to hydrolysis) is 1. The third kappa shape index (κ3) is 6.91. The van der Waals surface area contributed by atoms with E-state index in [9.17, 15) is 9.59 Å². The van der Waals surface area contributed by atoms with Crippen molar-refractivity contribution < 1.29 is 28.6 Å². The van der Waals surface area contributed by atoms with Crippen LogP contribution in [0, 0.1) is 0 Å². The van der Waals surface area contributed by atoms with Crippen LogP contribution in [0.5, 0.6) is 11.5 Å². The maximum atomic E-state index is 12.7. The molecule has 0 aliphatic carbocycles. The summed E-state index contributed by atoms with van der Waals surface area (Å²) < 4.78 is 16.7. The maximum Gasteiger partial charge on any atom is 0.408 e. The molecule has 0 aromatic heterocycles. The summed E-state index contributed by atoms with van der Waals surface area (Å²) in [6.45, 7) is 5.23. The maximum absolute atomic E-state index is 12.7. The first-order valence-corrected chi connectivity index (χ1v) is 9.03. The fourth-order valence-corrected chi connectivity index (χ4v) is 2.75. The number of benzene rings is 1. The second kappa shape index (κ2) is 9.80. The van der Waals surface area contributed by atoms with E-state index in [-0.39, 0.29) is 6.42 Å². The molecular formula is C18H27BrN2O6. The Bertz CT molecular complexity index is 675. The lowest BCUT2D eigenvalue weighted by molar-refractivity contribution is -0.171. The number of hydrogen-bond acceptors (Lipinski definition) is 6. The summed E-state index contributed by atoms with van der Waals surface area (Å²) in [5.74, 6) is 0.688. The number of carbonyl (C=O) groups is 2. The van der Waals surface area contributed by atoms with Crippen LogP contribution in [0.25, 0.3) is 0 Å². The minimum atomic E-state index is -0.926. The number of nitrogens with zero attached hydrogens (tertiary/aromatic N) is 1. The highest BCUT2D eigenvalue weighted by molar-refractivity contribution is 9.10. The zero-order chi connectivity index (χ0) is 20.8. The average molecular weight is 447 g/mol. The fourth-order valence-electron chi connectivity index (χ4n) is 2.26. The lowest BCUT2D eigenvalue weighted by Crippen LogP contribution is -2.49. The van der Waals surface area contributed by atoms with E-state index in [1.54, 1.807) is 32.9 Å². The van der Waals surface area contributed by atoms with Crippen LogP contribution in [-0.4, -0.2) is 57.1 Å². The number of rotatable bonds is 7. The van der Waals surface area contributed by atoms with E-state index < -0.39 is 23.6 Å². The Labute approximate surface area is 168 Å². The summed E-state index contributed by atoms with van der Waals surface area (Å²) in [6, 6.07) is 2.56. The zero-order valence-electron chi connectivity index (χ0n) is 16.7. The molecule has 0 spiro atoms. The standard InChI is InChI=1S/C18H27BrN2O6/c1-18(2,3)27-17(23)20-13(16(22)21(4)26-7)8-11-9-15(25-6)12(19)10-14(11)24-5/h9-10,13H,8H2,1-7H3,(H,20,23). The van der Waals surface area contributed by atoms with E-state index in [1.807, 2.05) is 0 Å². The molecule has 1 rings (SSSR count). The quantitative estimate of drug-likeness (QED) is 0.647. The van der Waals surface area contributed by atoms with Crippen molar-refractivity contribution in [2.45, 2.75) is 38.8 Å². The Balaban J connectivity index is 3.17. The molecule has 27 heavy (non-hydrogen) atoms. The fraction of sp³-hybridized carbons (Fsp3) is 0.556. The number of hydroxylamine groups is 2. The lowest BCUT2D eigenvalue weighted by Gasteiger charge is -2.26. The number of ether oxygens (including phenoxy) is 3. The molecule has 0 radical (unpaired) electrons. The minimum absolute atomic E-state index is 0.151. The summed E-state index contributed by atoms with van der Waals surface area (Å²) in [5.41, 5.74) is -0.0138. The molecule has 9 heteroatoms. The number of methoxy groups -OCH3 is 2. The van der Waals surface area contributed by atoms with Gasteiger partial charge in [0.1, 0.15) is 23.1 Å². The third-order valence-corrected chi connectivity index (χ3v) is 4.17. The van der Waals surface area contributed by atoms with Crippen molar-refractivity contribution >= 4 is 27.9 Å². The van der Waals surface area contributed by atoms with Crippen molar-refractivity contribution in [2.75, 3.05) is 28.4 Å². The summed E-state index contributed by atoms with van der Waals surface area (Å²) in [5, 5.41) is 3.65. The molecule has 1 aromatic rings. The van der Waals surface area contributed by atoms with E-state index in [0.29, 0.717) is 21.5 Å². The molecule has 152 valence electrons. The van der Waals surface area contributed by atoms with Crippen LogP contribution < -0.4 is 14.8 Å². The molecule has 0 fully saturated rings. The Morgan fingerprint density at radius 1 is 1.15 bits per heavy atom. The normalized spacial score (nSPS) is 12.1. The second-order valence-corrected chi connectivity index (χ2v) is 7.57. The molecule has 1 unspecified atom stereocenters. The van der Waals surface area contributed by atoms with E-state index in [4.69, 9.17) is 19.0 Å². The molecule has 1 atom stereocenters. The van der Waals surface area contributed by atoms with Crippen molar-refractivity contribution in [3.8, 4) is 11.5 Å². The average Bonchev–Trinajstić information content (AvgIpc) is 2.58. The highest BCUT2D eigenvalue weighted by Crippen LogP contribution is 2.33. The predicted molar refractivity (Wildman–Crippen MR) is 104 cm³/mol. The number of nitrogens with one attached hydrogen (secondary N) is 1. The van der Waals surface area contributed by atoms with E-state index >= 15 is 0 Å². The van der Waals surface area contributed by atoms with Crippen LogP contribution in [-0.2, 0) is 20.8 Å². The van der Waals surface area contributed by atoms with Crippen LogP contribution in [0.2, 0.25) is 0 Å². The molecule has 2 amide bonds. The number of carbonyl (C=O) groups excluding carboxylic acids is 2. The van der Waals surface area contributed by atoms with Gasteiger partial charge in [-0.1, -0.05) is 0 Å². The first kappa shape index (κ1) is 23.0. The highest BCUT2D eigenvalue weighted by atomic mass is 79.9. The van der Waals surface area contributed by atoms with Gasteiger partial charge in [0.15, 0.2) is 0 Å². The summed E-state index contributed by atoms with van der Waals surface area (Å²) in [6.07, 6.45) is -0.549. The van der Waals surface area contributed by atoms with Crippen molar-refractivity contribution in [3.05, 3.63) is 22.2 Å². The Morgan fingerprint density at radius 3 is 2.22 bits per heavy atom. The molecule has 0 heterocycles. The Morgan fingerprint density at radius 2 is 1.74 bits per heavy atom. The summed E-state index contributed by atoms with van der Waals surface area (Å²) in [7, 11) is 5.89. The first-order valence-electron chi connectivity index (χ1n) is 8.24. The number of amides is 2. The Hall–Kier alpha value is -2.00. The van der Waals surface area contributed by atoms with E-state index in [2.05, 4.69) is 21.2 Å². The van der Waals surface area contributed by atoms with Crippen LogP contribution in [0.15, 0.2) is 16.6 Å². The van der Waals surface area contributed by atoms with Gasteiger partial charge in [0.2, 0.25) is 0 Å². The zero-order valence-corrected chi connectivity index (χ0v) is 18.3. The number of halogens is 1. The topological polar surface area (TPSA) is 86.3 Å². The van der Waals surface area contributed by atoms with Gasteiger partial charge in [0.05, 0.1) is 25.8 Å². The molecule has 0 saturated heterocycles. The Kier molecular flexibility index (Phi) is 8.36. The molecule has 1 aromatic carbocycles. The van der Waals surface area contributed by atoms with Gasteiger partial charge in [-0.3, -0.25) is 9.63 Å². The molecule has 0 saturated carbocycles. The largest absolute Gasteiger partial charge is 0.496 e. The lowest BCUT2D eigenvalue weighted by atomic mass is 10.0. The van der Waals surface area contributed by atoms with E-state index in [1.165, 1.54) is 28.4 Å². The highest BCUT2D eigenvalue weighted by Gasteiger charge is 2.28. The molecule has 0 bridgehead atoms. The van der Waals surface area contributed by atoms with Gasteiger partial charge in [-0.05, 0) is 48.8 Å². The van der Waals surface area contributed by atoms with Crippen molar-refractivity contribution in [2.24, 2.45) is 0 Å². The summed E-state index contributed by atoms with van der Waals surface area (Å²) in [4.78, 5) is 29.8. The van der Waals surface area contributed by atoms with Crippen LogP contribution in [0.1, 0.15) is 26.3 Å². The smallest absolute Gasteiger partial charge is 0.408 e.